The fourth-order valence-electron chi connectivity index (χ4n) is 0. The third-order valence-electron chi connectivity index (χ3n) is 0. The predicted molar refractivity (Wildman–Crippen MR) is 27.8 cm³/mol. The molecule has 0 rings (SSSR count). The van der Waals surface area contributed by atoms with Gasteiger partial charge in [-0.3, -0.25) is 11.7 Å². The van der Waals surface area contributed by atoms with Gasteiger partial charge in [-0.1, -0.05) is 0 Å². The Labute approximate surface area is 36.9 Å². The summed E-state index contributed by atoms with van der Waals surface area (Å²) >= 11 is 1.75. The molecule has 0 bridgehead atoms. The summed E-state index contributed by atoms with van der Waals surface area (Å²) in [6.07, 6.45) is 4.08. The number of nitrogens with two attached hydrogens (primary N) is 2. The molecule has 2 nitrogen and oxygen atoms in total. The fourth-order valence-corrected chi connectivity index (χ4v) is 0. The van der Waals surface area contributed by atoms with Crippen LogP contribution in [0.25, 0.3) is 0 Å². The van der Waals surface area contributed by atoms with Gasteiger partial charge in [0.15, 0.2) is 0 Å². The molecule has 0 fully saturated rings. The van der Waals surface area contributed by atoms with Crippen molar-refractivity contribution in [3.63, 3.8) is 0 Å². The van der Waals surface area contributed by atoms with Gasteiger partial charge in [0, 0.05) is 0 Å². The van der Waals surface area contributed by atoms with E-state index in [-0.39, 0.29) is 0 Å². The zero-order chi connectivity index (χ0) is 4.71. The molecule has 0 saturated heterocycles. The Hall–Kier alpha value is 0.270. The van der Waals surface area contributed by atoms with E-state index in [0.29, 0.717) is 0 Å². The van der Waals surface area contributed by atoms with Crippen LogP contribution in [0, 0.1) is 0 Å². The molecule has 0 saturated carbocycles. The van der Waals surface area contributed by atoms with Crippen molar-refractivity contribution < 1.29 is 0 Å². The van der Waals surface area contributed by atoms with Gasteiger partial charge in [0.1, 0.15) is 0 Å². The molecule has 0 aromatic rings. The standard InChI is InChI=1S/C2H6S.H4N2/c1-3-2;1-2/h1-2H3;1-2H2. The summed E-state index contributed by atoms with van der Waals surface area (Å²) in [5, 5.41) is 0. The fraction of sp³-hybridized carbons (Fsp3) is 1.00. The van der Waals surface area contributed by atoms with Gasteiger partial charge in [-0.05, 0) is 12.5 Å². The maximum atomic E-state index is 4.00. The molecule has 0 aliphatic heterocycles. The lowest BCUT2D eigenvalue weighted by Crippen LogP contribution is -2.02. The van der Waals surface area contributed by atoms with Crippen molar-refractivity contribution in [1.29, 1.82) is 0 Å². The van der Waals surface area contributed by atoms with E-state index in [1.165, 1.54) is 0 Å². The molecular weight excluding hydrogens is 84.1 g/mol. The van der Waals surface area contributed by atoms with Crippen LogP contribution in [0.5, 0.6) is 0 Å². The highest BCUT2D eigenvalue weighted by atomic mass is 32.2. The van der Waals surface area contributed by atoms with Crippen LogP contribution in [0.1, 0.15) is 0 Å². The summed E-state index contributed by atoms with van der Waals surface area (Å²) in [4.78, 5) is 0. The van der Waals surface area contributed by atoms with Crippen LogP contribution in [-0.2, 0) is 0 Å². The average Bonchev–Trinajstić information content (AvgIpc) is 1.46. The Balaban J connectivity index is 0. The minimum Gasteiger partial charge on any atom is -0.274 e. The molecule has 0 aliphatic rings. The normalized spacial score (nSPS) is 4.80. The van der Waals surface area contributed by atoms with E-state index >= 15 is 0 Å². The first-order valence-electron chi connectivity index (χ1n) is 1.15. The van der Waals surface area contributed by atoms with Gasteiger partial charge in [-0.15, -0.1) is 0 Å². The van der Waals surface area contributed by atoms with Crippen LogP contribution in [-0.4, -0.2) is 12.5 Å². The van der Waals surface area contributed by atoms with Crippen molar-refractivity contribution in [1.82, 2.24) is 0 Å². The number of rotatable bonds is 0. The van der Waals surface area contributed by atoms with Crippen molar-refractivity contribution >= 4 is 11.8 Å². The Morgan fingerprint density at radius 2 is 1.20 bits per heavy atom. The van der Waals surface area contributed by atoms with Gasteiger partial charge in [0.05, 0.1) is 0 Å². The minimum absolute atomic E-state index is 1.75. The van der Waals surface area contributed by atoms with Gasteiger partial charge in [-0.2, -0.15) is 11.8 Å². The zero-order valence-corrected chi connectivity index (χ0v) is 4.38. The maximum Gasteiger partial charge on any atom is -0.0187 e. The molecule has 3 heteroatoms. The highest BCUT2D eigenvalue weighted by Gasteiger charge is 1.32. The highest BCUT2D eigenvalue weighted by Crippen LogP contribution is 1.70. The van der Waals surface area contributed by atoms with Gasteiger partial charge in [0.25, 0.3) is 0 Å². The Bertz CT molecular complexity index is 7.61. The topological polar surface area (TPSA) is 52.0 Å². The molecule has 0 aliphatic carbocycles. The molecule has 5 heavy (non-hydrogen) atoms. The summed E-state index contributed by atoms with van der Waals surface area (Å²) in [5.74, 6) is 8.00. The average molecular weight is 94.2 g/mol. The van der Waals surface area contributed by atoms with E-state index in [0.717, 1.165) is 0 Å². The van der Waals surface area contributed by atoms with Crippen LogP contribution >= 0.6 is 11.8 Å². The Morgan fingerprint density at radius 1 is 1.20 bits per heavy atom. The van der Waals surface area contributed by atoms with Gasteiger partial charge < -0.3 is 0 Å². The molecule has 0 amide bonds. The van der Waals surface area contributed by atoms with Gasteiger partial charge >= 0.3 is 0 Å². The summed E-state index contributed by atoms with van der Waals surface area (Å²) in [7, 11) is 0. The summed E-state index contributed by atoms with van der Waals surface area (Å²) in [6.45, 7) is 0. The molecular formula is C2H10N2S. The van der Waals surface area contributed by atoms with E-state index in [4.69, 9.17) is 0 Å². The van der Waals surface area contributed by atoms with Gasteiger partial charge in [0.2, 0.25) is 0 Å². The first-order valence-corrected chi connectivity index (χ1v) is 2.78. The maximum absolute atomic E-state index is 4.00. The second-order valence-corrected chi connectivity index (χ2v) is 1.22. The van der Waals surface area contributed by atoms with Crippen molar-refractivity contribution in [2.24, 2.45) is 11.7 Å². The van der Waals surface area contributed by atoms with Crippen LogP contribution in [0.2, 0.25) is 0 Å². The SMILES string of the molecule is CSC.NN. The van der Waals surface area contributed by atoms with E-state index in [1.807, 2.05) is 12.5 Å². The lowest BCUT2D eigenvalue weighted by Gasteiger charge is -1.51. The predicted octanol–water partition coefficient (Wildman–Crippen LogP) is -0.202. The molecule has 0 aromatic heterocycles. The smallest absolute Gasteiger partial charge is 0.0187 e. The lowest BCUT2D eigenvalue weighted by atomic mass is 11.9. The first kappa shape index (κ1) is 8.99. The van der Waals surface area contributed by atoms with Crippen LogP contribution in [0.4, 0.5) is 0 Å². The molecule has 34 valence electrons. The molecule has 0 atom stereocenters. The Morgan fingerprint density at radius 3 is 1.20 bits per heavy atom. The number of hydrazine groups is 1. The first-order chi connectivity index (χ1) is 2.41. The second-order valence-electron chi connectivity index (χ2n) is 0.408. The van der Waals surface area contributed by atoms with Crippen molar-refractivity contribution in [2.45, 2.75) is 0 Å². The number of thioether (sulfide) groups is 1. The molecule has 0 aromatic carbocycles. The molecule has 0 radical (unpaired) electrons. The van der Waals surface area contributed by atoms with Crippen LogP contribution < -0.4 is 11.7 Å². The Kier molecular flexibility index (Phi) is 50.9. The number of hydrogen-bond donors (Lipinski definition) is 2. The van der Waals surface area contributed by atoms with Crippen molar-refractivity contribution in [3.05, 3.63) is 0 Å². The molecule has 4 N–H and O–H groups in total. The van der Waals surface area contributed by atoms with Crippen LogP contribution in [0.3, 0.4) is 0 Å². The summed E-state index contributed by atoms with van der Waals surface area (Å²) in [5.41, 5.74) is 0. The second kappa shape index (κ2) is 28.3. The minimum atomic E-state index is 1.75. The van der Waals surface area contributed by atoms with E-state index in [2.05, 4.69) is 11.7 Å². The zero-order valence-electron chi connectivity index (χ0n) is 3.56. The third-order valence-corrected chi connectivity index (χ3v) is 0. The quantitative estimate of drug-likeness (QED) is 0.323. The molecule has 0 spiro atoms. The number of hydrogen-bond acceptors (Lipinski definition) is 3. The van der Waals surface area contributed by atoms with E-state index in [9.17, 15) is 0 Å². The van der Waals surface area contributed by atoms with E-state index < -0.39 is 0 Å². The van der Waals surface area contributed by atoms with Crippen molar-refractivity contribution in [2.75, 3.05) is 12.5 Å². The van der Waals surface area contributed by atoms with Gasteiger partial charge in [-0.25, -0.2) is 0 Å². The highest BCUT2D eigenvalue weighted by molar-refractivity contribution is 7.97. The summed E-state index contributed by atoms with van der Waals surface area (Å²) in [6, 6.07) is 0. The molecule has 0 heterocycles. The van der Waals surface area contributed by atoms with Crippen molar-refractivity contribution in [3.8, 4) is 0 Å². The summed E-state index contributed by atoms with van der Waals surface area (Å²) < 4.78 is 0. The van der Waals surface area contributed by atoms with Crippen LogP contribution in [0.15, 0.2) is 0 Å². The monoisotopic (exact) mass is 94.1 g/mol. The molecule has 0 unspecified atom stereocenters. The largest absolute Gasteiger partial charge is 0.274 e. The lowest BCUT2D eigenvalue weighted by molar-refractivity contribution is 1.26. The van der Waals surface area contributed by atoms with E-state index in [1.54, 1.807) is 11.8 Å². The third kappa shape index (κ3) is 302.